The zero-order chi connectivity index (χ0) is 9.26. The van der Waals surface area contributed by atoms with Crippen molar-refractivity contribution in [2.75, 3.05) is 5.75 Å². The van der Waals surface area contributed by atoms with E-state index in [1.807, 2.05) is 0 Å². The van der Waals surface area contributed by atoms with E-state index in [0.717, 1.165) is 24.2 Å². The lowest BCUT2D eigenvalue weighted by Gasteiger charge is -2.01. The number of allylic oxidation sites excluding steroid dienone is 3. The molecule has 13 heavy (non-hydrogen) atoms. The number of hydrogen-bond donors (Lipinski definition) is 0. The highest BCUT2D eigenvalue weighted by Gasteiger charge is 2.26. The minimum atomic E-state index is 0.117. The van der Waals surface area contributed by atoms with Gasteiger partial charge in [-0.15, -0.1) is 11.8 Å². The van der Waals surface area contributed by atoms with Crippen LogP contribution in [0, 0.1) is 5.92 Å². The number of thioether (sulfide) groups is 1. The van der Waals surface area contributed by atoms with Gasteiger partial charge in [-0.2, -0.15) is 0 Å². The van der Waals surface area contributed by atoms with Gasteiger partial charge in [-0.25, -0.2) is 0 Å². The third kappa shape index (κ3) is 1.78. The van der Waals surface area contributed by atoms with E-state index in [-0.39, 0.29) is 11.7 Å². The molecule has 1 saturated carbocycles. The van der Waals surface area contributed by atoms with Crippen molar-refractivity contribution in [3.8, 4) is 0 Å². The highest BCUT2D eigenvalue weighted by molar-refractivity contribution is 8.02. The summed E-state index contributed by atoms with van der Waals surface area (Å²) in [6.45, 7) is 3.76. The molecule has 2 rings (SSSR count). The first kappa shape index (κ1) is 8.82. The van der Waals surface area contributed by atoms with Crippen LogP contribution in [0.1, 0.15) is 12.8 Å². The fourth-order valence-electron chi connectivity index (χ4n) is 1.70. The Labute approximate surface area is 82.6 Å². The molecule has 2 heteroatoms. The van der Waals surface area contributed by atoms with E-state index in [1.54, 1.807) is 11.8 Å². The Balaban J connectivity index is 2.10. The number of Topliss-reactive ketones (excluding diaryl/α,β-unsaturated/α-hetero) is 1. The highest BCUT2D eigenvalue weighted by atomic mass is 32.2. The number of ketones is 1. The minimum Gasteiger partial charge on any atom is -0.294 e. The lowest BCUT2D eigenvalue weighted by Crippen LogP contribution is -2.04. The maximum absolute atomic E-state index is 11.5. The van der Waals surface area contributed by atoms with E-state index < -0.39 is 0 Å². The predicted octanol–water partition coefficient (Wildman–Crippen LogP) is 2.71. The lowest BCUT2D eigenvalue weighted by molar-refractivity contribution is -0.116. The summed E-state index contributed by atoms with van der Waals surface area (Å²) in [4.78, 5) is 11.5. The van der Waals surface area contributed by atoms with Crippen molar-refractivity contribution in [1.82, 2.24) is 0 Å². The van der Waals surface area contributed by atoms with Gasteiger partial charge in [0.15, 0.2) is 5.78 Å². The molecule has 1 nitrogen and oxygen atoms in total. The topological polar surface area (TPSA) is 17.1 Å². The van der Waals surface area contributed by atoms with Crippen molar-refractivity contribution in [2.45, 2.75) is 12.8 Å². The van der Waals surface area contributed by atoms with E-state index >= 15 is 0 Å². The Morgan fingerprint density at radius 1 is 1.62 bits per heavy atom. The van der Waals surface area contributed by atoms with E-state index in [2.05, 4.69) is 24.1 Å². The third-order valence-electron chi connectivity index (χ3n) is 2.49. The molecule has 0 saturated heterocycles. The molecule has 1 aliphatic carbocycles. The zero-order valence-corrected chi connectivity index (χ0v) is 8.27. The van der Waals surface area contributed by atoms with Gasteiger partial charge < -0.3 is 0 Å². The highest BCUT2D eigenvalue weighted by Crippen LogP contribution is 2.29. The van der Waals surface area contributed by atoms with Gasteiger partial charge in [0, 0.05) is 11.7 Å². The van der Waals surface area contributed by atoms with Crippen molar-refractivity contribution in [1.29, 1.82) is 0 Å². The van der Waals surface area contributed by atoms with Crippen molar-refractivity contribution >= 4 is 17.5 Å². The van der Waals surface area contributed by atoms with E-state index in [9.17, 15) is 4.79 Å². The summed E-state index contributed by atoms with van der Waals surface area (Å²) < 4.78 is 0. The number of carbonyl (C=O) groups is 1. The molecule has 1 unspecified atom stereocenters. The second kappa shape index (κ2) is 3.54. The molecule has 0 aromatic rings. The van der Waals surface area contributed by atoms with Crippen LogP contribution < -0.4 is 0 Å². The standard InChI is InChI=1S/C11H12OS/c1-8-2-3-10(11(8)12)6-9-4-5-13-7-9/h4-6,10H,1-3,7H2. The SMILES string of the molecule is C=C1CCC(C=C2C=CSC2)C1=O. The Hall–Kier alpha value is -0.760. The third-order valence-corrected chi connectivity index (χ3v) is 3.31. The van der Waals surface area contributed by atoms with Gasteiger partial charge in [0.1, 0.15) is 0 Å². The fraction of sp³-hybridized carbons (Fsp3) is 0.364. The monoisotopic (exact) mass is 192 g/mol. The number of rotatable bonds is 1. The van der Waals surface area contributed by atoms with Crippen LogP contribution >= 0.6 is 11.8 Å². The largest absolute Gasteiger partial charge is 0.294 e. The molecule has 68 valence electrons. The van der Waals surface area contributed by atoms with Crippen LogP contribution in [-0.4, -0.2) is 11.5 Å². The summed E-state index contributed by atoms with van der Waals surface area (Å²) >= 11 is 1.79. The van der Waals surface area contributed by atoms with E-state index in [4.69, 9.17) is 0 Å². The number of carbonyl (C=O) groups excluding carboxylic acids is 1. The van der Waals surface area contributed by atoms with Gasteiger partial charge in [0.25, 0.3) is 0 Å². The maximum atomic E-state index is 11.5. The van der Waals surface area contributed by atoms with Gasteiger partial charge in [0.2, 0.25) is 0 Å². The molecule has 1 aliphatic heterocycles. The Bertz CT molecular complexity index is 312. The maximum Gasteiger partial charge on any atom is 0.165 e. The summed E-state index contributed by atoms with van der Waals surface area (Å²) in [5.41, 5.74) is 2.09. The van der Waals surface area contributed by atoms with Gasteiger partial charge in [0.05, 0.1) is 0 Å². The van der Waals surface area contributed by atoms with Crippen LogP contribution in [0.2, 0.25) is 0 Å². The molecular weight excluding hydrogens is 180 g/mol. The molecule has 0 aromatic carbocycles. The molecule has 0 N–H and O–H groups in total. The molecule has 1 fully saturated rings. The second-order valence-corrected chi connectivity index (χ2v) is 4.36. The first-order chi connectivity index (χ1) is 6.27. The zero-order valence-electron chi connectivity index (χ0n) is 7.45. The summed E-state index contributed by atoms with van der Waals surface area (Å²) in [7, 11) is 0. The van der Waals surface area contributed by atoms with Crippen LogP contribution in [0.25, 0.3) is 0 Å². The average molecular weight is 192 g/mol. The van der Waals surface area contributed by atoms with Crippen LogP contribution in [0.3, 0.4) is 0 Å². The smallest absolute Gasteiger partial charge is 0.165 e. The number of hydrogen-bond acceptors (Lipinski definition) is 2. The molecule has 1 atom stereocenters. The fourth-order valence-corrected chi connectivity index (χ4v) is 2.45. The molecular formula is C11H12OS. The van der Waals surface area contributed by atoms with Gasteiger partial charge in [-0.3, -0.25) is 4.79 Å². The molecule has 2 aliphatic rings. The Kier molecular flexibility index (Phi) is 2.40. The summed E-state index contributed by atoms with van der Waals surface area (Å²) in [5, 5.41) is 2.08. The van der Waals surface area contributed by atoms with Crippen molar-refractivity contribution < 1.29 is 4.79 Å². The van der Waals surface area contributed by atoms with Crippen LogP contribution in [0.15, 0.2) is 35.3 Å². The first-order valence-electron chi connectivity index (χ1n) is 4.48. The predicted molar refractivity (Wildman–Crippen MR) is 56.6 cm³/mol. The quantitative estimate of drug-likeness (QED) is 0.594. The summed E-state index contributed by atoms with van der Waals surface area (Å²) in [5.74, 6) is 1.39. The molecule has 0 radical (unpaired) electrons. The molecule has 0 aromatic heterocycles. The minimum absolute atomic E-state index is 0.117. The Morgan fingerprint density at radius 3 is 3.00 bits per heavy atom. The second-order valence-electron chi connectivity index (χ2n) is 3.47. The normalized spacial score (nSPS) is 30.8. The molecule has 0 amide bonds. The van der Waals surface area contributed by atoms with Crippen LogP contribution in [-0.2, 0) is 4.79 Å². The first-order valence-corrected chi connectivity index (χ1v) is 5.53. The molecule has 0 spiro atoms. The van der Waals surface area contributed by atoms with Gasteiger partial charge in [-0.1, -0.05) is 18.7 Å². The molecule has 0 bridgehead atoms. The Morgan fingerprint density at radius 2 is 2.46 bits per heavy atom. The van der Waals surface area contributed by atoms with Crippen LogP contribution in [0.5, 0.6) is 0 Å². The van der Waals surface area contributed by atoms with Crippen molar-refractivity contribution in [3.63, 3.8) is 0 Å². The molecule has 1 heterocycles. The van der Waals surface area contributed by atoms with Crippen molar-refractivity contribution in [3.05, 3.63) is 35.3 Å². The van der Waals surface area contributed by atoms with Crippen LogP contribution in [0.4, 0.5) is 0 Å². The van der Waals surface area contributed by atoms with Gasteiger partial charge >= 0.3 is 0 Å². The van der Waals surface area contributed by atoms with E-state index in [0.29, 0.717) is 0 Å². The van der Waals surface area contributed by atoms with Crippen molar-refractivity contribution in [2.24, 2.45) is 5.92 Å². The van der Waals surface area contributed by atoms with E-state index in [1.165, 1.54) is 5.57 Å². The average Bonchev–Trinajstić information content (AvgIpc) is 2.71. The lowest BCUT2D eigenvalue weighted by atomic mass is 10.0. The summed E-state index contributed by atoms with van der Waals surface area (Å²) in [6.07, 6.45) is 6.04. The van der Waals surface area contributed by atoms with Gasteiger partial charge in [-0.05, 0) is 29.4 Å². The summed E-state index contributed by atoms with van der Waals surface area (Å²) in [6, 6.07) is 0.